The zero-order valence-corrected chi connectivity index (χ0v) is 15.5. The lowest BCUT2D eigenvalue weighted by molar-refractivity contribution is 0.100. The predicted molar refractivity (Wildman–Crippen MR) is 106 cm³/mol. The van der Waals surface area contributed by atoms with Crippen molar-refractivity contribution in [3.05, 3.63) is 53.6 Å². The first-order valence-corrected chi connectivity index (χ1v) is 9.43. The van der Waals surface area contributed by atoms with Crippen molar-refractivity contribution in [2.24, 2.45) is 5.73 Å². The van der Waals surface area contributed by atoms with Gasteiger partial charge in [-0.3, -0.25) is 4.79 Å². The molecule has 4 nitrogen and oxygen atoms in total. The molecule has 1 aliphatic rings. The number of carbonyl (C=O) groups excluding carboxylic acids is 1. The van der Waals surface area contributed by atoms with E-state index in [2.05, 4.69) is 43.4 Å². The molecule has 0 unspecified atom stereocenters. The number of aliphatic hydroxyl groups excluding tert-OH is 1. The first-order valence-electron chi connectivity index (χ1n) is 9.43. The van der Waals surface area contributed by atoms with E-state index in [1.165, 1.54) is 5.56 Å². The molecule has 0 bridgehead atoms. The highest BCUT2D eigenvalue weighted by Gasteiger charge is 2.21. The number of carbonyl (C=O) groups is 1. The van der Waals surface area contributed by atoms with Crippen molar-refractivity contribution in [2.75, 3.05) is 5.32 Å². The van der Waals surface area contributed by atoms with E-state index in [4.69, 9.17) is 5.73 Å². The predicted octanol–water partition coefficient (Wildman–Crippen LogP) is 4.29. The molecule has 2 aromatic carbocycles. The van der Waals surface area contributed by atoms with Crippen LogP contribution in [0.25, 0.3) is 11.1 Å². The Morgan fingerprint density at radius 3 is 2.23 bits per heavy atom. The summed E-state index contributed by atoms with van der Waals surface area (Å²) in [5, 5.41) is 13.1. The van der Waals surface area contributed by atoms with Crippen molar-refractivity contribution in [1.82, 2.24) is 0 Å². The molecule has 138 valence electrons. The van der Waals surface area contributed by atoms with Crippen molar-refractivity contribution < 1.29 is 9.90 Å². The van der Waals surface area contributed by atoms with Gasteiger partial charge in [-0.2, -0.15) is 0 Å². The molecule has 3 rings (SSSR count). The lowest BCUT2D eigenvalue weighted by atomic mass is 9.92. The number of nitrogens with one attached hydrogen (secondary N) is 1. The molecule has 4 N–H and O–H groups in total. The first kappa shape index (κ1) is 18.5. The fourth-order valence-electron chi connectivity index (χ4n) is 3.55. The van der Waals surface area contributed by atoms with Crippen molar-refractivity contribution in [3.8, 4) is 11.1 Å². The number of amides is 1. The van der Waals surface area contributed by atoms with E-state index in [-0.39, 0.29) is 12.1 Å². The molecule has 1 fully saturated rings. The van der Waals surface area contributed by atoms with Crippen LogP contribution in [0.1, 0.15) is 61.4 Å². The minimum atomic E-state index is -0.427. The Hall–Kier alpha value is -2.33. The summed E-state index contributed by atoms with van der Waals surface area (Å²) in [5.74, 6) is 0.0646. The number of benzene rings is 2. The second-order valence-electron chi connectivity index (χ2n) is 7.55. The van der Waals surface area contributed by atoms with Crippen molar-refractivity contribution in [1.29, 1.82) is 0 Å². The molecule has 0 spiro atoms. The Morgan fingerprint density at radius 1 is 1.04 bits per heavy atom. The summed E-state index contributed by atoms with van der Waals surface area (Å²) in [5.41, 5.74) is 10.3. The maximum Gasteiger partial charge on any atom is 0.250 e. The third kappa shape index (κ3) is 4.25. The summed E-state index contributed by atoms with van der Waals surface area (Å²) in [7, 11) is 0. The average molecular weight is 352 g/mol. The van der Waals surface area contributed by atoms with E-state index in [1.807, 2.05) is 18.2 Å². The van der Waals surface area contributed by atoms with Crippen molar-refractivity contribution in [3.63, 3.8) is 0 Å². The Balaban J connectivity index is 1.83. The number of hydrogen-bond donors (Lipinski definition) is 3. The van der Waals surface area contributed by atoms with Crippen molar-refractivity contribution in [2.45, 2.75) is 57.6 Å². The van der Waals surface area contributed by atoms with Gasteiger partial charge in [0, 0.05) is 11.7 Å². The van der Waals surface area contributed by atoms with Crippen LogP contribution in [-0.2, 0) is 0 Å². The Morgan fingerprint density at radius 2 is 1.65 bits per heavy atom. The number of primary amides is 1. The van der Waals surface area contributed by atoms with Gasteiger partial charge < -0.3 is 16.2 Å². The van der Waals surface area contributed by atoms with E-state index in [0.717, 1.165) is 42.5 Å². The summed E-state index contributed by atoms with van der Waals surface area (Å²) in [6.07, 6.45) is 3.20. The SMILES string of the molecule is CC(C)c1ccc(-c2ccc(NC3CCC(O)CC3)c(C(N)=O)c2)cc1. The fourth-order valence-corrected chi connectivity index (χ4v) is 3.55. The van der Waals surface area contributed by atoms with E-state index in [9.17, 15) is 9.90 Å². The van der Waals surface area contributed by atoms with Gasteiger partial charge in [-0.1, -0.05) is 44.2 Å². The molecular weight excluding hydrogens is 324 g/mol. The highest BCUT2D eigenvalue weighted by Crippen LogP contribution is 2.29. The quantitative estimate of drug-likeness (QED) is 0.751. The van der Waals surface area contributed by atoms with Gasteiger partial charge in [-0.25, -0.2) is 0 Å². The highest BCUT2D eigenvalue weighted by atomic mass is 16.3. The molecule has 1 amide bonds. The van der Waals surface area contributed by atoms with E-state index in [0.29, 0.717) is 11.5 Å². The van der Waals surface area contributed by atoms with Crippen LogP contribution in [0.4, 0.5) is 5.69 Å². The van der Waals surface area contributed by atoms with E-state index < -0.39 is 5.91 Å². The van der Waals surface area contributed by atoms with Crippen LogP contribution in [0.15, 0.2) is 42.5 Å². The van der Waals surface area contributed by atoms with Crippen LogP contribution in [0, 0.1) is 0 Å². The van der Waals surface area contributed by atoms with E-state index in [1.54, 1.807) is 0 Å². The molecule has 4 heteroatoms. The molecule has 0 heterocycles. The van der Waals surface area contributed by atoms with Crippen LogP contribution in [0.2, 0.25) is 0 Å². The molecule has 1 aliphatic carbocycles. The molecule has 26 heavy (non-hydrogen) atoms. The number of aliphatic hydroxyl groups is 1. The minimum absolute atomic E-state index is 0.195. The van der Waals surface area contributed by atoms with Crippen LogP contribution in [0.3, 0.4) is 0 Å². The maximum absolute atomic E-state index is 12.0. The van der Waals surface area contributed by atoms with Crippen molar-refractivity contribution >= 4 is 11.6 Å². The topological polar surface area (TPSA) is 75.3 Å². The van der Waals surface area contributed by atoms with Gasteiger partial charge in [0.05, 0.1) is 11.7 Å². The van der Waals surface area contributed by atoms with Gasteiger partial charge in [-0.15, -0.1) is 0 Å². The van der Waals surface area contributed by atoms with E-state index >= 15 is 0 Å². The molecule has 0 aliphatic heterocycles. The molecule has 2 aromatic rings. The Labute approximate surface area is 155 Å². The fraction of sp³-hybridized carbons (Fsp3) is 0.409. The van der Waals surface area contributed by atoms with Crippen LogP contribution < -0.4 is 11.1 Å². The summed E-state index contributed by atoms with van der Waals surface area (Å²) < 4.78 is 0. The molecule has 0 radical (unpaired) electrons. The molecule has 0 aromatic heterocycles. The van der Waals surface area contributed by atoms with Gasteiger partial charge in [0.25, 0.3) is 5.91 Å². The molecular formula is C22H28N2O2. The van der Waals surface area contributed by atoms with Gasteiger partial charge in [0.15, 0.2) is 0 Å². The molecule has 0 saturated heterocycles. The monoisotopic (exact) mass is 352 g/mol. The van der Waals surface area contributed by atoms with Gasteiger partial charge in [-0.05, 0) is 60.4 Å². The average Bonchev–Trinajstić information content (AvgIpc) is 2.64. The zero-order chi connectivity index (χ0) is 18.7. The normalized spacial score (nSPS) is 20.2. The number of rotatable bonds is 5. The second kappa shape index (κ2) is 7.92. The van der Waals surface area contributed by atoms with Gasteiger partial charge >= 0.3 is 0 Å². The maximum atomic E-state index is 12.0. The minimum Gasteiger partial charge on any atom is -0.393 e. The third-order valence-electron chi connectivity index (χ3n) is 5.25. The highest BCUT2D eigenvalue weighted by molar-refractivity contribution is 6.00. The Kier molecular flexibility index (Phi) is 5.62. The number of hydrogen-bond acceptors (Lipinski definition) is 3. The molecule has 0 atom stereocenters. The smallest absolute Gasteiger partial charge is 0.250 e. The van der Waals surface area contributed by atoms with Gasteiger partial charge in [0.1, 0.15) is 0 Å². The third-order valence-corrected chi connectivity index (χ3v) is 5.25. The van der Waals surface area contributed by atoms with Crippen LogP contribution in [0.5, 0.6) is 0 Å². The Bertz CT molecular complexity index is 760. The summed E-state index contributed by atoms with van der Waals surface area (Å²) in [6, 6.07) is 14.5. The largest absolute Gasteiger partial charge is 0.393 e. The number of nitrogens with two attached hydrogens (primary N) is 1. The molecule has 1 saturated carbocycles. The summed E-state index contributed by atoms with van der Waals surface area (Å²) in [4.78, 5) is 12.0. The van der Waals surface area contributed by atoms with Crippen LogP contribution >= 0.6 is 0 Å². The van der Waals surface area contributed by atoms with Gasteiger partial charge in [0.2, 0.25) is 0 Å². The number of anilines is 1. The van der Waals surface area contributed by atoms with Crippen LogP contribution in [-0.4, -0.2) is 23.2 Å². The standard InChI is InChI=1S/C22H28N2O2/c1-14(2)15-3-5-16(6-4-15)17-7-12-21(20(13-17)22(23)26)24-18-8-10-19(25)11-9-18/h3-7,12-14,18-19,24-25H,8-11H2,1-2H3,(H2,23,26). The lowest BCUT2D eigenvalue weighted by Gasteiger charge is -2.27. The zero-order valence-electron chi connectivity index (χ0n) is 15.5. The second-order valence-corrected chi connectivity index (χ2v) is 7.55. The lowest BCUT2D eigenvalue weighted by Crippen LogP contribution is -2.29. The first-order chi connectivity index (χ1) is 12.4. The summed E-state index contributed by atoms with van der Waals surface area (Å²) >= 11 is 0. The summed E-state index contributed by atoms with van der Waals surface area (Å²) in [6.45, 7) is 4.34.